The van der Waals surface area contributed by atoms with Gasteiger partial charge in [-0.25, -0.2) is 9.59 Å². The maximum absolute atomic E-state index is 12.0. The van der Waals surface area contributed by atoms with Crippen LogP contribution in [-0.4, -0.2) is 26.2 Å². The Morgan fingerprint density at radius 1 is 0.818 bits per heavy atom. The summed E-state index contributed by atoms with van der Waals surface area (Å²) in [5, 5.41) is 0. The Bertz CT molecular complexity index is 473. The molecular formula is C18H26O4. The molecule has 4 heteroatoms. The van der Waals surface area contributed by atoms with Gasteiger partial charge in [-0.15, -0.1) is 0 Å². The van der Waals surface area contributed by atoms with Crippen molar-refractivity contribution < 1.29 is 19.1 Å². The van der Waals surface area contributed by atoms with Gasteiger partial charge in [0.1, 0.15) is 0 Å². The van der Waals surface area contributed by atoms with Gasteiger partial charge in [-0.3, -0.25) is 0 Å². The highest BCUT2D eigenvalue weighted by atomic mass is 16.5. The molecule has 0 saturated carbocycles. The van der Waals surface area contributed by atoms with Crippen LogP contribution in [-0.2, 0) is 22.3 Å². The minimum atomic E-state index is -0.500. The first-order valence-electron chi connectivity index (χ1n) is 7.91. The van der Waals surface area contributed by atoms with Gasteiger partial charge < -0.3 is 9.47 Å². The van der Waals surface area contributed by atoms with Crippen molar-refractivity contribution in [3.05, 3.63) is 34.4 Å². The van der Waals surface area contributed by atoms with E-state index in [0.29, 0.717) is 11.1 Å². The lowest BCUT2D eigenvalue weighted by Crippen LogP contribution is -2.14. The Balaban J connectivity index is 3.34. The first-order chi connectivity index (χ1) is 10.6. The van der Waals surface area contributed by atoms with Crippen molar-refractivity contribution in [1.82, 2.24) is 0 Å². The molecule has 0 fully saturated rings. The average Bonchev–Trinajstić information content (AvgIpc) is 2.56. The van der Waals surface area contributed by atoms with Gasteiger partial charge in [0.15, 0.2) is 0 Å². The van der Waals surface area contributed by atoms with Gasteiger partial charge in [-0.05, 0) is 48.9 Å². The molecule has 122 valence electrons. The Morgan fingerprint density at radius 2 is 1.18 bits per heavy atom. The lowest BCUT2D eigenvalue weighted by atomic mass is 9.92. The zero-order valence-corrected chi connectivity index (χ0v) is 14.0. The van der Waals surface area contributed by atoms with Crippen molar-refractivity contribution in [3.8, 4) is 0 Å². The van der Waals surface area contributed by atoms with E-state index in [0.717, 1.165) is 49.7 Å². The summed E-state index contributed by atoms with van der Waals surface area (Å²) in [5.74, 6) is -1.000. The quantitative estimate of drug-likeness (QED) is 0.682. The van der Waals surface area contributed by atoms with Gasteiger partial charge in [0.2, 0.25) is 0 Å². The molecule has 0 heterocycles. The fourth-order valence-corrected chi connectivity index (χ4v) is 2.45. The van der Waals surface area contributed by atoms with Crippen LogP contribution in [0.2, 0.25) is 0 Å². The molecule has 0 atom stereocenters. The summed E-state index contributed by atoms with van der Waals surface area (Å²) in [7, 11) is 2.64. The number of esters is 2. The van der Waals surface area contributed by atoms with E-state index >= 15 is 0 Å². The molecule has 0 spiro atoms. The molecule has 0 aliphatic rings. The SMILES string of the molecule is CCCCc1cc(C(=O)OC)c(C(=O)OC)cc1CCCC. The minimum absolute atomic E-state index is 0.292. The van der Waals surface area contributed by atoms with E-state index in [4.69, 9.17) is 9.47 Å². The van der Waals surface area contributed by atoms with Crippen LogP contribution >= 0.6 is 0 Å². The van der Waals surface area contributed by atoms with Crippen LogP contribution in [0.25, 0.3) is 0 Å². The summed E-state index contributed by atoms with van der Waals surface area (Å²) >= 11 is 0. The molecule has 1 aromatic carbocycles. The number of methoxy groups -OCH3 is 2. The van der Waals surface area contributed by atoms with Crippen molar-refractivity contribution in [2.45, 2.75) is 52.4 Å². The third-order valence-corrected chi connectivity index (χ3v) is 3.75. The zero-order valence-electron chi connectivity index (χ0n) is 14.0. The second-order valence-electron chi connectivity index (χ2n) is 5.36. The lowest BCUT2D eigenvalue weighted by Gasteiger charge is -2.14. The van der Waals surface area contributed by atoms with Crippen LogP contribution < -0.4 is 0 Å². The molecule has 0 amide bonds. The van der Waals surface area contributed by atoms with E-state index in [1.807, 2.05) is 0 Å². The number of carbonyl (C=O) groups is 2. The zero-order chi connectivity index (χ0) is 16.5. The predicted octanol–water partition coefficient (Wildman–Crippen LogP) is 3.95. The number of rotatable bonds is 8. The van der Waals surface area contributed by atoms with Gasteiger partial charge in [0.25, 0.3) is 0 Å². The first kappa shape index (κ1) is 18.2. The second-order valence-corrected chi connectivity index (χ2v) is 5.36. The maximum atomic E-state index is 12.0. The highest BCUT2D eigenvalue weighted by molar-refractivity contribution is 6.03. The molecule has 22 heavy (non-hydrogen) atoms. The molecule has 0 N–H and O–H groups in total. The van der Waals surface area contributed by atoms with Crippen molar-refractivity contribution in [2.75, 3.05) is 14.2 Å². The molecule has 0 bridgehead atoms. The number of unbranched alkanes of at least 4 members (excludes halogenated alkanes) is 2. The smallest absolute Gasteiger partial charge is 0.338 e. The van der Waals surface area contributed by atoms with Crippen LogP contribution in [0.1, 0.15) is 71.4 Å². The number of ether oxygens (including phenoxy) is 2. The maximum Gasteiger partial charge on any atom is 0.338 e. The van der Waals surface area contributed by atoms with E-state index in [1.54, 1.807) is 12.1 Å². The van der Waals surface area contributed by atoms with E-state index < -0.39 is 11.9 Å². The molecule has 0 radical (unpaired) electrons. The predicted molar refractivity (Wildman–Crippen MR) is 86.3 cm³/mol. The number of carbonyl (C=O) groups excluding carboxylic acids is 2. The second kappa shape index (κ2) is 9.23. The summed E-state index contributed by atoms with van der Waals surface area (Å²) in [6.07, 6.45) is 6.08. The highest BCUT2D eigenvalue weighted by Gasteiger charge is 2.21. The number of benzene rings is 1. The van der Waals surface area contributed by atoms with E-state index in [1.165, 1.54) is 14.2 Å². The number of aryl methyl sites for hydroxylation is 2. The summed E-state index contributed by atoms with van der Waals surface area (Å²) in [6.45, 7) is 4.27. The van der Waals surface area contributed by atoms with Gasteiger partial charge in [-0.1, -0.05) is 26.7 Å². The summed E-state index contributed by atoms with van der Waals surface area (Å²) in [4.78, 5) is 24.0. The van der Waals surface area contributed by atoms with Crippen LogP contribution in [0.3, 0.4) is 0 Å². The summed E-state index contributed by atoms with van der Waals surface area (Å²) in [5.41, 5.74) is 2.84. The van der Waals surface area contributed by atoms with Gasteiger partial charge in [0.05, 0.1) is 25.3 Å². The highest BCUT2D eigenvalue weighted by Crippen LogP contribution is 2.23. The minimum Gasteiger partial charge on any atom is -0.465 e. The largest absolute Gasteiger partial charge is 0.465 e. The van der Waals surface area contributed by atoms with Crippen LogP contribution in [0.5, 0.6) is 0 Å². The third kappa shape index (κ3) is 4.58. The molecule has 1 rings (SSSR count). The Morgan fingerprint density at radius 3 is 1.45 bits per heavy atom. The van der Waals surface area contributed by atoms with Crippen LogP contribution in [0.4, 0.5) is 0 Å². The van der Waals surface area contributed by atoms with Crippen LogP contribution in [0.15, 0.2) is 12.1 Å². The lowest BCUT2D eigenvalue weighted by molar-refractivity contribution is 0.0555. The normalized spacial score (nSPS) is 10.4. The van der Waals surface area contributed by atoms with Gasteiger partial charge in [-0.2, -0.15) is 0 Å². The summed E-state index contributed by atoms with van der Waals surface area (Å²) < 4.78 is 9.61. The molecular weight excluding hydrogens is 280 g/mol. The van der Waals surface area contributed by atoms with E-state index in [2.05, 4.69) is 13.8 Å². The topological polar surface area (TPSA) is 52.6 Å². The molecule has 0 unspecified atom stereocenters. The standard InChI is InChI=1S/C18H26O4/c1-5-7-9-13-11-15(17(19)21-3)16(18(20)22-4)12-14(13)10-8-6-2/h11-12H,5-10H2,1-4H3. The van der Waals surface area contributed by atoms with Crippen molar-refractivity contribution in [1.29, 1.82) is 0 Å². The fourth-order valence-electron chi connectivity index (χ4n) is 2.45. The monoisotopic (exact) mass is 306 g/mol. The third-order valence-electron chi connectivity index (χ3n) is 3.75. The first-order valence-corrected chi connectivity index (χ1v) is 7.91. The summed E-state index contributed by atoms with van der Waals surface area (Å²) in [6, 6.07) is 3.61. The molecule has 0 aliphatic heterocycles. The number of hydrogen-bond donors (Lipinski definition) is 0. The average molecular weight is 306 g/mol. The Labute approximate surface area is 132 Å². The Kier molecular flexibility index (Phi) is 7.64. The molecule has 0 aliphatic carbocycles. The molecule has 1 aromatic rings. The van der Waals surface area contributed by atoms with Gasteiger partial charge in [0, 0.05) is 0 Å². The Hall–Kier alpha value is -1.84. The van der Waals surface area contributed by atoms with Gasteiger partial charge >= 0.3 is 11.9 Å². The van der Waals surface area contributed by atoms with E-state index in [-0.39, 0.29) is 0 Å². The van der Waals surface area contributed by atoms with Crippen molar-refractivity contribution >= 4 is 11.9 Å². The fraction of sp³-hybridized carbons (Fsp3) is 0.556. The molecule has 0 saturated heterocycles. The molecule has 0 aromatic heterocycles. The van der Waals surface area contributed by atoms with Crippen LogP contribution in [0, 0.1) is 0 Å². The number of hydrogen-bond acceptors (Lipinski definition) is 4. The van der Waals surface area contributed by atoms with Crippen molar-refractivity contribution in [2.24, 2.45) is 0 Å². The van der Waals surface area contributed by atoms with E-state index in [9.17, 15) is 9.59 Å². The molecule has 4 nitrogen and oxygen atoms in total. The van der Waals surface area contributed by atoms with Crippen molar-refractivity contribution in [3.63, 3.8) is 0 Å².